The van der Waals surface area contributed by atoms with Crippen molar-refractivity contribution in [3.05, 3.63) is 155 Å². The normalized spacial score (nSPS) is 19.5. The maximum atomic E-state index is 15.4. The molecular weight excluding hydrogens is 560 g/mol. The van der Waals surface area contributed by atoms with Crippen molar-refractivity contribution >= 4 is 28.8 Å². The largest absolute Gasteiger partial charge is 0.497 e. The van der Waals surface area contributed by atoms with Crippen molar-refractivity contribution in [1.82, 2.24) is 0 Å². The van der Waals surface area contributed by atoms with E-state index >= 15 is 4.79 Å². The van der Waals surface area contributed by atoms with E-state index in [9.17, 15) is 0 Å². The van der Waals surface area contributed by atoms with Gasteiger partial charge in [-0.1, -0.05) is 66.7 Å². The molecule has 0 saturated carbocycles. The van der Waals surface area contributed by atoms with E-state index in [1.807, 2.05) is 132 Å². The Kier molecular flexibility index (Phi) is 7.18. The van der Waals surface area contributed by atoms with Crippen LogP contribution in [0, 0.1) is 0 Å². The first kappa shape index (κ1) is 28.2. The molecule has 0 amide bonds. The number of hydrogen-bond acceptors (Lipinski definition) is 6. The topological polar surface area (TPSA) is 60.4 Å². The summed E-state index contributed by atoms with van der Waals surface area (Å²) in [6.45, 7) is 0. The minimum atomic E-state index is -1.19. The smallest absolute Gasteiger partial charge is 0.196 e. The minimum Gasteiger partial charge on any atom is -0.497 e. The monoisotopic (exact) mass is 592 g/mol. The van der Waals surface area contributed by atoms with Crippen LogP contribution in [0.3, 0.4) is 0 Å². The van der Waals surface area contributed by atoms with Gasteiger partial charge in [0, 0.05) is 5.57 Å². The van der Waals surface area contributed by atoms with E-state index in [1.54, 1.807) is 21.3 Å². The van der Waals surface area contributed by atoms with Crippen LogP contribution in [0.1, 0.15) is 33.7 Å². The lowest BCUT2D eigenvalue weighted by Gasteiger charge is -2.38. The van der Waals surface area contributed by atoms with Gasteiger partial charge < -0.3 is 14.2 Å². The Balaban J connectivity index is 1.51. The molecule has 0 saturated heterocycles. The first-order chi connectivity index (χ1) is 22.1. The van der Waals surface area contributed by atoms with Gasteiger partial charge in [-0.25, -0.2) is 5.01 Å². The van der Waals surface area contributed by atoms with Gasteiger partial charge in [0.2, 0.25) is 0 Å². The first-order valence-electron chi connectivity index (χ1n) is 14.8. The van der Waals surface area contributed by atoms with Gasteiger partial charge >= 0.3 is 0 Å². The van der Waals surface area contributed by atoms with Crippen LogP contribution < -0.4 is 19.2 Å². The van der Waals surface area contributed by atoms with Crippen LogP contribution in [-0.4, -0.2) is 32.8 Å². The van der Waals surface area contributed by atoms with Gasteiger partial charge in [-0.15, -0.1) is 0 Å². The fraction of sp³-hybridized carbons (Fsp3) is 0.128. The van der Waals surface area contributed by atoms with E-state index in [-0.39, 0.29) is 5.78 Å². The third-order valence-corrected chi connectivity index (χ3v) is 8.71. The van der Waals surface area contributed by atoms with Gasteiger partial charge in [0.15, 0.2) is 11.3 Å². The number of fused-ring (bicyclic) bond motifs is 2. The number of ether oxygens (including phenoxy) is 3. The maximum Gasteiger partial charge on any atom is 0.196 e. The molecule has 6 heteroatoms. The molecule has 7 rings (SSSR count). The molecule has 2 aliphatic rings. The Hall–Kier alpha value is -5.62. The average Bonchev–Trinajstić information content (AvgIpc) is 3.58. The molecule has 1 aliphatic carbocycles. The number of Topliss-reactive ketones (excluding diaryl/α,β-unsaturated/α-hetero) is 1. The van der Waals surface area contributed by atoms with Gasteiger partial charge in [0.1, 0.15) is 17.2 Å². The van der Waals surface area contributed by atoms with Crippen molar-refractivity contribution in [3.8, 4) is 17.2 Å². The number of para-hydroxylation sites is 1. The van der Waals surface area contributed by atoms with E-state index < -0.39 is 11.5 Å². The minimum absolute atomic E-state index is 0.0172. The zero-order valence-corrected chi connectivity index (χ0v) is 25.3. The third-order valence-electron chi connectivity index (χ3n) is 8.71. The zero-order chi connectivity index (χ0) is 31.0. The number of ketones is 1. The summed E-state index contributed by atoms with van der Waals surface area (Å²) in [6.07, 6.45) is 1.98. The Morgan fingerprint density at radius 2 is 1.22 bits per heavy atom. The van der Waals surface area contributed by atoms with Gasteiger partial charge in [-0.2, -0.15) is 5.10 Å². The molecule has 1 aliphatic heterocycles. The lowest BCUT2D eigenvalue weighted by atomic mass is 9.71. The number of methoxy groups -OCH3 is 3. The molecule has 0 unspecified atom stereocenters. The molecule has 5 aromatic carbocycles. The molecule has 0 radical (unpaired) electrons. The summed E-state index contributed by atoms with van der Waals surface area (Å²) >= 11 is 0. The summed E-state index contributed by atoms with van der Waals surface area (Å²) in [5.41, 5.74) is 5.64. The summed E-state index contributed by atoms with van der Waals surface area (Å²) in [5, 5.41) is 7.29. The van der Waals surface area contributed by atoms with Gasteiger partial charge in [-0.05, 0) is 94.6 Å². The standard InChI is InChI=1S/C39H32N2O4/c1-43-30-19-13-26(14-20-30)25-34-33-11-7-8-12-35(33)39(38(34)42)36(27-15-21-31(44-2)22-16-27)37(28-17-23-32(45-3)24-18-28)40-41(39)29-9-5-4-6-10-29/h4-25,36H,1-3H3/b34-25+/t36-,39-/m0/s1. The highest BCUT2D eigenvalue weighted by atomic mass is 16.5. The summed E-state index contributed by atoms with van der Waals surface area (Å²) in [6, 6.07) is 41.7. The molecule has 2 atom stereocenters. The molecule has 0 aromatic heterocycles. The van der Waals surface area contributed by atoms with Crippen LogP contribution >= 0.6 is 0 Å². The van der Waals surface area contributed by atoms with Crippen LogP contribution in [-0.2, 0) is 10.3 Å². The van der Waals surface area contributed by atoms with Crippen molar-refractivity contribution < 1.29 is 19.0 Å². The molecule has 6 nitrogen and oxygen atoms in total. The second kappa shape index (κ2) is 11.5. The maximum absolute atomic E-state index is 15.4. The lowest BCUT2D eigenvalue weighted by molar-refractivity contribution is -0.118. The number of carbonyl (C=O) groups is 1. The van der Waals surface area contributed by atoms with Crippen LogP contribution in [0.5, 0.6) is 17.2 Å². The molecule has 1 spiro atoms. The zero-order valence-electron chi connectivity index (χ0n) is 25.3. The Bertz CT molecular complexity index is 1910. The quantitative estimate of drug-likeness (QED) is 0.181. The first-order valence-corrected chi connectivity index (χ1v) is 14.8. The molecule has 0 bridgehead atoms. The fourth-order valence-electron chi connectivity index (χ4n) is 6.58. The van der Waals surface area contributed by atoms with E-state index in [4.69, 9.17) is 19.3 Å². The van der Waals surface area contributed by atoms with Crippen LogP contribution in [0.4, 0.5) is 5.69 Å². The van der Waals surface area contributed by atoms with Crippen molar-refractivity contribution in [3.63, 3.8) is 0 Å². The molecule has 1 heterocycles. The highest BCUT2D eigenvalue weighted by Crippen LogP contribution is 2.58. The summed E-state index contributed by atoms with van der Waals surface area (Å²) < 4.78 is 16.4. The molecule has 0 fully saturated rings. The van der Waals surface area contributed by atoms with E-state index in [0.29, 0.717) is 5.57 Å². The number of benzene rings is 5. The lowest BCUT2D eigenvalue weighted by Crippen LogP contribution is -2.49. The Morgan fingerprint density at radius 3 is 1.84 bits per heavy atom. The highest BCUT2D eigenvalue weighted by molar-refractivity contribution is 6.36. The number of hydrogen-bond donors (Lipinski definition) is 0. The molecular formula is C39H32N2O4. The Labute approximate surface area is 262 Å². The number of hydrazone groups is 1. The van der Waals surface area contributed by atoms with Gasteiger partial charge in [0.25, 0.3) is 0 Å². The summed E-state index contributed by atoms with van der Waals surface area (Å²) in [4.78, 5) is 15.4. The number of carbonyl (C=O) groups excluding carboxylic acids is 1. The van der Waals surface area contributed by atoms with E-state index in [0.717, 1.165) is 56.5 Å². The van der Waals surface area contributed by atoms with Crippen molar-refractivity contribution in [2.24, 2.45) is 5.10 Å². The van der Waals surface area contributed by atoms with Crippen molar-refractivity contribution in [2.75, 3.05) is 26.3 Å². The number of rotatable bonds is 7. The second-order valence-electron chi connectivity index (χ2n) is 11.0. The molecule has 222 valence electrons. The van der Waals surface area contributed by atoms with Crippen LogP contribution in [0.2, 0.25) is 0 Å². The molecule has 5 aromatic rings. The predicted molar refractivity (Wildman–Crippen MR) is 178 cm³/mol. The number of anilines is 1. The molecule has 45 heavy (non-hydrogen) atoms. The average molecular weight is 593 g/mol. The van der Waals surface area contributed by atoms with Crippen molar-refractivity contribution in [1.29, 1.82) is 0 Å². The van der Waals surface area contributed by atoms with Crippen molar-refractivity contribution in [2.45, 2.75) is 11.5 Å². The van der Waals surface area contributed by atoms with E-state index in [1.165, 1.54) is 0 Å². The SMILES string of the molecule is COc1ccc(/C=C2/C(=O)[C@]3(c4ccccc42)[C@@H](c2ccc(OC)cc2)C(c2ccc(OC)cc2)=NN3c2ccccc2)cc1. The third kappa shape index (κ3) is 4.57. The molecule has 0 N–H and O–H groups in total. The van der Waals surface area contributed by atoms with Gasteiger partial charge in [0.05, 0.1) is 38.6 Å². The van der Waals surface area contributed by atoms with Gasteiger partial charge in [-0.3, -0.25) is 4.79 Å². The predicted octanol–water partition coefficient (Wildman–Crippen LogP) is 7.74. The highest BCUT2D eigenvalue weighted by Gasteiger charge is 2.63. The van der Waals surface area contributed by atoms with Crippen LogP contribution in [0.25, 0.3) is 11.6 Å². The summed E-state index contributed by atoms with van der Waals surface area (Å²) in [7, 11) is 4.95. The second-order valence-corrected chi connectivity index (χ2v) is 11.0. The Morgan fingerprint density at radius 1 is 0.667 bits per heavy atom. The van der Waals surface area contributed by atoms with Crippen LogP contribution in [0.15, 0.2) is 132 Å². The van der Waals surface area contributed by atoms with E-state index in [2.05, 4.69) is 6.07 Å². The number of nitrogens with zero attached hydrogens (tertiary/aromatic N) is 2. The fourth-order valence-corrected chi connectivity index (χ4v) is 6.58. The summed E-state index contributed by atoms with van der Waals surface area (Å²) in [5.74, 6) is 1.78.